The summed E-state index contributed by atoms with van der Waals surface area (Å²) in [6.07, 6.45) is -2.91. The number of hydrogen-bond acceptors (Lipinski definition) is 6. The first-order valence-corrected chi connectivity index (χ1v) is 12.7. The highest BCUT2D eigenvalue weighted by molar-refractivity contribution is 6.11. The van der Waals surface area contributed by atoms with Gasteiger partial charge in [-0.1, -0.05) is 18.2 Å². The number of aromatic nitrogens is 2. The summed E-state index contributed by atoms with van der Waals surface area (Å²) < 4.78 is 47.1. The van der Waals surface area contributed by atoms with E-state index in [1.807, 2.05) is 44.9 Å². The summed E-state index contributed by atoms with van der Waals surface area (Å²) >= 11 is 0. The van der Waals surface area contributed by atoms with E-state index in [2.05, 4.69) is 20.4 Å². The van der Waals surface area contributed by atoms with Crippen molar-refractivity contribution in [2.75, 3.05) is 43.6 Å². The Labute approximate surface area is 220 Å². The van der Waals surface area contributed by atoms with Gasteiger partial charge in [0, 0.05) is 35.1 Å². The van der Waals surface area contributed by atoms with Crippen molar-refractivity contribution in [3.8, 4) is 0 Å². The third-order valence-corrected chi connectivity index (χ3v) is 7.85. The molecular formula is C28H32F3N5O2. The van der Waals surface area contributed by atoms with Crippen LogP contribution >= 0.6 is 0 Å². The number of ether oxygens (including phenoxy) is 1. The van der Waals surface area contributed by atoms with Gasteiger partial charge in [0.15, 0.2) is 5.82 Å². The second-order valence-corrected chi connectivity index (χ2v) is 10.7. The van der Waals surface area contributed by atoms with Gasteiger partial charge < -0.3 is 15.0 Å². The van der Waals surface area contributed by atoms with Gasteiger partial charge in [0.2, 0.25) is 5.91 Å². The Hall–Kier alpha value is -3.24. The number of nitrogens with one attached hydrogen (secondary N) is 1. The van der Waals surface area contributed by atoms with Gasteiger partial charge in [-0.25, -0.2) is 13.2 Å². The predicted molar refractivity (Wildman–Crippen MR) is 140 cm³/mol. The fourth-order valence-electron chi connectivity index (χ4n) is 5.38. The topological polar surface area (TPSA) is 70.6 Å². The molecule has 2 aromatic carbocycles. The van der Waals surface area contributed by atoms with Crippen LogP contribution in [-0.2, 0) is 14.9 Å². The fraction of sp³-hybridized carbons (Fsp3) is 0.464. The molecule has 2 aliphatic heterocycles. The Balaban J connectivity index is 1.56. The maximum atomic E-state index is 14.9. The molecule has 10 heteroatoms. The summed E-state index contributed by atoms with van der Waals surface area (Å²) in [5.74, 6) is -0.544. The Kier molecular flexibility index (Phi) is 6.81. The van der Waals surface area contributed by atoms with Crippen LogP contribution in [0.1, 0.15) is 55.6 Å². The molecule has 0 unspecified atom stereocenters. The molecule has 1 fully saturated rings. The van der Waals surface area contributed by atoms with Crippen molar-refractivity contribution in [3.63, 3.8) is 0 Å². The van der Waals surface area contributed by atoms with Crippen molar-refractivity contribution in [2.45, 2.75) is 51.6 Å². The summed E-state index contributed by atoms with van der Waals surface area (Å²) in [6.45, 7) is 9.87. The number of likely N-dealkylation sites (N-methyl/N-ethyl adjacent to an activating group) is 1. The number of rotatable bonds is 6. The molecule has 202 valence electrons. The van der Waals surface area contributed by atoms with Gasteiger partial charge in [-0.15, -0.1) is 5.10 Å². The number of anilines is 2. The first-order chi connectivity index (χ1) is 18.0. The van der Waals surface area contributed by atoms with E-state index < -0.39 is 29.3 Å². The summed E-state index contributed by atoms with van der Waals surface area (Å²) in [7, 11) is 2.03. The van der Waals surface area contributed by atoms with Crippen LogP contribution in [0.3, 0.4) is 0 Å². The minimum atomic E-state index is -2.91. The van der Waals surface area contributed by atoms with E-state index in [0.717, 1.165) is 34.6 Å². The van der Waals surface area contributed by atoms with Gasteiger partial charge in [0.25, 0.3) is 6.43 Å². The molecule has 0 spiro atoms. The van der Waals surface area contributed by atoms with Gasteiger partial charge in [-0.2, -0.15) is 5.10 Å². The third kappa shape index (κ3) is 4.39. The van der Waals surface area contributed by atoms with E-state index >= 15 is 0 Å². The summed E-state index contributed by atoms with van der Waals surface area (Å²) in [6, 6.07) is 7.30. The van der Waals surface area contributed by atoms with E-state index in [1.165, 1.54) is 12.1 Å². The lowest BCUT2D eigenvalue weighted by Gasteiger charge is -2.35. The Morgan fingerprint density at radius 3 is 2.63 bits per heavy atom. The van der Waals surface area contributed by atoms with Gasteiger partial charge in [0.05, 0.1) is 42.0 Å². The van der Waals surface area contributed by atoms with Gasteiger partial charge in [0.1, 0.15) is 5.82 Å². The number of hydrogen-bond donors (Lipinski definition) is 1. The van der Waals surface area contributed by atoms with E-state index in [1.54, 1.807) is 6.92 Å². The number of aryl methyl sites for hydroxylation is 1. The van der Waals surface area contributed by atoms with Crippen molar-refractivity contribution in [1.29, 1.82) is 0 Å². The number of amides is 1. The number of benzene rings is 2. The maximum Gasteiger partial charge on any atom is 0.266 e. The van der Waals surface area contributed by atoms with E-state index in [9.17, 15) is 18.0 Å². The van der Waals surface area contributed by atoms with Crippen LogP contribution in [0, 0.1) is 12.7 Å². The van der Waals surface area contributed by atoms with Crippen molar-refractivity contribution in [1.82, 2.24) is 15.1 Å². The summed E-state index contributed by atoms with van der Waals surface area (Å²) in [5, 5.41) is 13.3. The normalized spacial score (nSPS) is 20.3. The average molecular weight is 528 g/mol. The largest absolute Gasteiger partial charge is 0.378 e. The quantitative estimate of drug-likeness (QED) is 0.479. The maximum absolute atomic E-state index is 14.9. The lowest BCUT2D eigenvalue weighted by atomic mass is 9.85. The number of nitrogens with zero attached hydrogens (tertiary/aromatic N) is 4. The van der Waals surface area contributed by atoms with Crippen molar-refractivity contribution < 1.29 is 22.7 Å². The molecule has 2 atom stereocenters. The van der Waals surface area contributed by atoms with Crippen LogP contribution < -0.4 is 10.2 Å². The first kappa shape index (κ1) is 26.4. The van der Waals surface area contributed by atoms with E-state index in [4.69, 9.17) is 4.74 Å². The third-order valence-electron chi connectivity index (χ3n) is 7.85. The molecule has 1 N–H and O–H groups in total. The molecule has 3 aromatic rings. The number of morpholine rings is 1. The van der Waals surface area contributed by atoms with Crippen LogP contribution in [0.4, 0.5) is 24.7 Å². The predicted octanol–water partition coefficient (Wildman–Crippen LogP) is 5.14. The smallest absolute Gasteiger partial charge is 0.266 e. The van der Waals surface area contributed by atoms with Crippen LogP contribution in [0.5, 0.6) is 0 Å². The molecule has 2 aliphatic rings. The molecule has 0 saturated carbocycles. The van der Waals surface area contributed by atoms with Crippen molar-refractivity contribution in [2.24, 2.45) is 0 Å². The zero-order valence-corrected chi connectivity index (χ0v) is 22.2. The highest BCUT2D eigenvalue weighted by Crippen LogP contribution is 2.45. The molecule has 0 radical (unpaired) electrons. The number of halogens is 3. The number of alkyl halides is 2. The number of fused-ring (bicyclic) bond motifs is 2. The Bertz CT molecular complexity index is 1400. The number of carbonyl (C=O) groups excluding carboxylic acids is 1. The van der Waals surface area contributed by atoms with Crippen LogP contribution in [-0.4, -0.2) is 60.4 Å². The second kappa shape index (κ2) is 9.81. The van der Waals surface area contributed by atoms with E-state index in [0.29, 0.717) is 31.3 Å². The highest BCUT2D eigenvalue weighted by atomic mass is 19.3. The molecule has 38 heavy (non-hydrogen) atoms. The van der Waals surface area contributed by atoms with Gasteiger partial charge in [-0.3, -0.25) is 9.69 Å². The summed E-state index contributed by atoms with van der Waals surface area (Å²) in [4.78, 5) is 17.6. The molecule has 7 nitrogen and oxygen atoms in total. The van der Waals surface area contributed by atoms with Crippen LogP contribution in [0.2, 0.25) is 0 Å². The highest BCUT2D eigenvalue weighted by Gasteiger charge is 2.45. The minimum Gasteiger partial charge on any atom is -0.378 e. The van der Waals surface area contributed by atoms with Crippen LogP contribution in [0.25, 0.3) is 10.8 Å². The Morgan fingerprint density at radius 1 is 1.18 bits per heavy atom. The average Bonchev–Trinajstić information content (AvgIpc) is 3.06. The zero-order valence-electron chi connectivity index (χ0n) is 22.2. The van der Waals surface area contributed by atoms with Gasteiger partial charge in [-0.05, 0) is 52.4 Å². The lowest BCUT2D eigenvalue weighted by Crippen LogP contribution is -2.51. The Morgan fingerprint density at radius 2 is 1.92 bits per heavy atom. The second-order valence-electron chi connectivity index (χ2n) is 10.7. The van der Waals surface area contributed by atoms with E-state index in [-0.39, 0.29) is 17.5 Å². The molecule has 5 rings (SSSR count). The number of carbonyl (C=O) groups is 1. The zero-order chi connectivity index (χ0) is 27.4. The summed E-state index contributed by atoms with van der Waals surface area (Å²) in [5.41, 5.74) is 1.13. The molecule has 3 heterocycles. The lowest BCUT2D eigenvalue weighted by molar-refractivity contribution is -0.122. The SMILES string of the molecule is Cc1nnc(N[C@H](C)c2cccc(C(F)F)c2F)c2cc3c(cc12)C(C)(C)C(=O)N3C[C@@H]1COCCN1C. The molecule has 0 aliphatic carbocycles. The fourth-order valence-corrected chi connectivity index (χ4v) is 5.38. The molecule has 1 saturated heterocycles. The standard InChI is InChI=1S/C28H32F3N5O2/c1-15(18-7-6-8-19(24(18)29)25(30)31)32-26-21-12-23-22(11-20(21)16(2)33-34-26)28(3,4)27(37)36(23)13-17-14-38-10-9-35(17)5/h6-8,11-12,15,17,25H,9-10,13-14H2,1-5H3,(H,32,34)/t15-,17-/m1/s1. The minimum absolute atomic E-state index is 0.00844. The van der Waals surface area contributed by atoms with Crippen LogP contribution in [0.15, 0.2) is 30.3 Å². The van der Waals surface area contributed by atoms with Crippen molar-refractivity contribution in [3.05, 3.63) is 58.5 Å². The molecule has 1 amide bonds. The van der Waals surface area contributed by atoms with Gasteiger partial charge >= 0.3 is 0 Å². The first-order valence-electron chi connectivity index (χ1n) is 12.7. The molecular weight excluding hydrogens is 495 g/mol. The molecule has 0 bridgehead atoms. The monoisotopic (exact) mass is 527 g/mol. The molecule has 1 aromatic heterocycles. The van der Waals surface area contributed by atoms with Crippen molar-refractivity contribution >= 4 is 28.2 Å².